The molecular weight excluding hydrogens is 228 g/mol. The smallest absolute Gasteiger partial charge is 0.329 e. The Labute approximate surface area is 99.6 Å². The molecule has 0 aliphatic carbocycles. The van der Waals surface area contributed by atoms with Crippen molar-refractivity contribution >= 4 is 17.8 Å². The predicted octanol–water partition coefficient (Wildman–Crippen LogP) is -1.77. The Morgan fingerprint density at radius 3 is 2.24 bits per heavy atom. The molecule has 1 atom stereocenters. The van der Waals surface area contributed by atoms with E-state index in [1.165, 1.54) is 0 Å². The summed E-state index contributed by atoms with van der Waals surface area (Å²) in [7, 11) is 0. The van der Waals surface area contributed by atoms with Crippen LogP contribution in [-0.2, 0) is 23.9 Å². The van der Waals surface area contributed by atoms with E-state index in [4.69, 9.17) is 9.47 Å². The van der Waals surface area contributed by atoms with E-state index in [1.807, 2.05) is 0 Å². The van der Waals surface area contributed by atoms with Crippen molar-refractivity contribution in [2.75, 3.05) is 19.8 Å². The Bertz CT molecular complexity index is 280. The lowest BCUT2D eigenvalue weighted by Crippen LogP contribution is -2.59. The molecule has 0 aromatic heterocycles. The van der Waals surface area contributed by atoms with Crippen LogP contribution in [0.25, 0.3) is 0 Å². The van der Waals surface area contributed by atoms with Gasteiger partial charge in [0.25, 0.3) is 5.91 Å². The van der Waals surface area contributed by atoms with Crippen LogP contribution in [0.5, 0.6) is 0 Å². The van der Waals surface area contributed by atoms with Gasteiger partial charge in [-0.1, -0.05) is 0 Å². The number of carbonyl (C=O) groups is 3. The van der Waals surface area contributed by atoms with Crippen LogP contribution >= 0.6 is 0 Å². The molecule has 0 aliphatic rings. The molecule has 0 spiro atoms. The highest BCUT2D eigenvalue weighted by Gasteiger charge is 2.25. The average Bonchev–Trinajstić information content (AvgIpc) is 2.28. The van der Waals surface area contributed by atoms with E-state index in [0.717, 1.165) is 0 Å². The second kappa shape index (κ2) is 8.51. The minimum Gasteiger partial charge on any atom is -0.466 e. The number of nitrogens with one attached hydrogen (secondary N) is 1. The molecule has 7 nitrogen and oxygen atoms in total. The third-order valence-corrected chi connectivity index (χ3v) is 1.81. The van der Waals surface area contributed by atoms with Gasteiger partial charge in [0.15, 0.2) is 6.54 Å². The number of esters is 2. The predicted molar refractivity (Wildman–Crippen MR) is 57.6 cm³/mol. The second-order valence-electron chi connectivity index (χ2n) is 3.13. The Morgan fingerprint density at radius 1 is 1.18 bits per heavy atom. The minimum absolute atomic E-state index is 0.0151. The maximum absolute atomic E-state index is 11.5. The number of quaternary nitrogens is 1. The highest BCUT2D eigenvalue weighted by Crippen LogP contribution is 1.98. The van der Waals surface area contributed by atoms with Gasteiger partial charge >= 0.3 is 11.9 Å². The van der Waals surface area contributed by atoms with Gasteiger partial charge in [-0.2, -0.15) is 0 Å². The molecule has 0 aromatic carbocycles. The van der Waals surface area contributed by atoms with E-state index in [2.05, 4.69) is 11.1 Å². The topological polar surface area (TPSA) is 109 Å². The van der Waals surface area contributed by atoms with Crippen molar-refractivity contribution in [3.8, 4) is 0 Å². The zero-order valence-electron chi connectivity index (χ0n) is 10.2. The molecule has 17 heavy (non-hydrogen) atoms. The van der Waals surface area contributed by atoms with Crippen molar-refractivity contribution in [2.24, 2.45) is 0 Å². The summed E-state index contributed by atoms with van der Waals surface area (Å²) in [6, 6.07) is -1.01. The first-order chi connectivity index (χ1) is 8.04. The molecule has 0 radical (unpaired) electrons. The van der Waals surface area contributed by atoms with E-state index >= 15 is 0 Å². The zero-order valence-corrected chi connectivity index (χ0v) is 10.2. The first kappa shape index (κ1) is 15.4. The zero-order chi connectivity index (χ0) is 13.3. The van der Waals surface area contributed by atoms with Crippen LogP contribution in [0, 0.1) is 0 Å². The summed E-state index contributed by atoms with van der Waals surface area (Å²) < 4.78 is 9.45. The van der Waals surface area contributed by atoms with Gasteiger partial charge in [-0.05, 0) is 13.8 Å². The molecule has 0 saturated heterocycles. The summed E-state index contributed by atoms with van der Waals surface area (Å²) in [4.78, 5) is 33.8. The number of ether oxygens (including phenoxy) is 2. The summed E-state index contributed by atoms with van der Waals surface area (Å²) in [6.45, 7) is 3.68. The monoisotopic (exact) mass is 247 g/mol. The molecule has 0 fully saturated rings. The molecule has 0 bridgehead atoms. The SMILES string of the molecule is CCOC(=O)CC(NC(=O)C[NH3+])C(=O)OCC. The van der Waals surface area contributed by atoms with Crippen molar-refractivity contribution in [1.82, 2.24) is 5.32 Å². The Kier molecular flexibility index (Phi) is 7.70. The fourth-order valence-corrected chi connectivity index (χ4v) is 1.09. The number of rotatable bonds is 7. The molecule has 0 heterocycles. The lowest BCUT2D eigenvalue weighted by molar-refractivity contribution is -0.355. The number of amides is 1. The molecule has 0 aliphatic heterocycles. The van der Waals surface area contributed by atoms with Crippen LogP contribution in [0.1, 0.15) is 20.3 Å². The fourth-order valence-electron chi connectivity index (χ4n) is 1.09. The molecule has 0 aromatic rings. The highest BCUT2D eigenvalue weighted by atomic mass is 16.5. The Balaban J connectivity index is 4.44. The van der Waals surface area contributed by atoms with Gasteiger partial charge in [-0.25, -0.2) is 4.79 Å². The quantitative estimate of drug-likeness (QED) is 0.517. The van der Waals surface area contributed by atoms with Crippen molar-refractivity contribution in [3.63, 3.8) is 0 Å². The van der Waals surface area contributed by atoms with Gasteiger partial charge in [-0.15, -0.1) is 0 Å². The van der Waals surface area contributed by atoms with Crippen LogP contribution < -0.4 is 11.1 Å². The van der Waals surface area contributed by atoms with Crippen LogP contribution in [0.4, 0.5) is 0 Å². The molecule has 7 heteroatoms. The van der Waals surface area contributed by atoms with Crippen LogP contribution in [0.15, 0.2) is 0 Å². The van der Waals surface area contributed by atoms with Crippen LogP contribution in [-0.4, -0.2) is 43.6 Å². The summed E-state index contributed by atoms with van der Waals surface area (Å²) in [6.07, 6.45) is -0.238. The first-order valence-electron chi connectivity index (χ1n) is 5.45. The second-order valence-corrected chi connectivity index (χ2v) is 3.13. The standard InChI is InChI=1S/C10H18N2O5/c1-3-16-9(14)5-7(10(15)17-4-2)12-8(13)6-11/h7H,3-6,11H2,1-2H3,(H,12,13)/p+1. The van der Waals surface area contributed by atoms with Gasteiger partial charge < -0.3 is 20.5 Å². The van der Waals surface area contributed by atoms with Gasteiger partial charge in [0.1, 0.15) is 6.04 Å². The lowest BCUT2D eigenvalue weighted by Gasteiger charge is -2.15. The van der Waals surface area contributed by atoms with E-state index in [0.29, 0.717) is 0 Å². The van der Waals surface area contributed by atoms with Gasteiger partial charge in [0, 0.05) is 0 Å². The van der Waals surface area contributed by atoms with E-state index in [9.17, 15) is 14.4 Å². The summed E-state index contributed by atoms with van der Waals surface area (Å²) in [5.41, 5.74) is 3.38. The van der Waals surface area contributed by atoms with E-state index in [1.54, 1.807) is 13.8 Å². The summed E-state index contributed by atoms with van der Waals surface area (Å²) in [5, 5.41) is 2.36. The molecule has 0 saturated carbocycles. The normalized spacial score (nSPS) is 11.5. The lowest BCUT2D eigenvalue weighted by atomic mass is 10.2. The van der Waals surface area contributed by atoms with Crippen molar-refractivity contribution in [1.29, 1.82) is 0 Å². The van der Waals surface area contributed by atoms with E-state index in [-0.39, 0.29) is 26.2 Å². The van der Waals surface area contributed by atoms with Crippen molar-refractivity contribution in [2.45, 2.75) is 26.3 Å². The first-order valence-corrected chi connectivity index (χ1v) is 5.45. The van der Waals surface area contributed by atoms with E-state index < -0.39 is 23.9 Å². The molecule has 1 amide bonds. The molecule has 4 N–H and O–H groups in total. The molecule has 0 rings (SSSR count). The number of carbonyl (C=O) groups excluding carboxylic acids is 3. The van der Waals surface area contributed by atoms with Gasteiger partial charge in [-0.3, -0.25) is 9.59 Å². The van der Waals surface area contributed by atoms with Crippen molar-refractivity contribution < 1.29 is 29.6 Å². The van der Waals surface area contributed by atoms with Crippen LogP contribution in [0.2, 0.25) is 0 Å². The Morgan fingerprint density at radius 2 is 1.76 bits per heavy atom. The highest BCUT2D eigenvalue weighted by molar-refractivity contribution is 5.88. The molecule has 98 valence electrons. The van der Waals surface area contributed by atoms with Gasteiger partial charge in [0.2, 0.25) is 0 Å². The number of hydrogen-bond donors (Lipinski definition) is 2. The number of hydrogen-bond acceptors (Lipinski definition) is 5. The largest absolute Gasteiger partial charge is 0.466 e. The summed E-state index contributed by atoms with van der Waals surface area (Å²) >= 11 is 0. The molecule has 1 unspecified atom stereocenters. The van der Waals surface area contributed by atoms with Crippen molar-refractivity contribution in [3.05, 3.63) is 0 Å². The third-order valence-electron chi connectivity index (χ3n) is 1.81. The minimum atomic E-state index is -1.01. The molecular formula is C10H19N2O5+. The maximum atomic E-state index is 11.5. The fraction of sp³-hybridized carbons (Fsp3) is 0.700. The third kappa shape index (κ3) is 6.52. The van der Waals surface area contributed by atoms with Crippen LogP contribution in [0.3, 0.4) is 0 Å². The average molecular weight is 247 g/mol. The maximum Gasteiger partial charge on any atom is 0.329 e. The Hall–Kier alpha value is -1.63. The summed E-state index contributed by atoms with van der Waals surface area (Å²) in [5.74, 6) is -1.63. The van der Waals surface area contributed by atoms with Gasteiger partial charge in [0.05, 0.1) is 19.6 Å².